The van der Waals surface area contributed by atoms with Crippen molar-refractivity contribution < 1.29 is 0 Å². The van der Waals surface area contributed by atoms with Crippen molar-refractivity contribution in [3.8, 4) is 0 Å². The maximum atomic E-state index is 5.52. The Morgan fingerprint density at radius 3 is 2.84 bits per heavy atom. The van der Waals surface area contributed by atoms with Crippen LogP contribution in [-0.4, -0.2) is 20.6 Å². The molecule has 0 atom stereocenters. The summed E-state index contributed by atoms with van der Waals surface area (Å²) < 4.78 is 4.78. The zero-order valence-corrected chi connectivity index (χ0v) is 14.7. The number of benzene rings is 1. The number of hydrogen-bond donors (Lipinski definition) is 1. The molecule has 0 bridgehead atoms. The molecule has 1 aliphatic carbocycles. The molecule has 2 nitrogen and oxygen atoms in total. The van der Waals surface area contributed by atoms with Gasteiger partial charge in [0.25, 0.3) is 0 Å². The fourth-order valence-corrected chi connectivity index (χ4v) is 4.75. The van der Waals surface area contributed by atoms with Crippen LogP contribution in [0.3, 0.4) is 0 Å². The summed E-state index contributed by atoms with van der Waals surface area (Å²) in [6.45, 7) is 1.04. The number of H-pyrrole nitrogens is 1. The van der Waals surface area contributed by atoms with E-state index in [0.717, 1.165) is 16.8 Å². The zero-order valence-electron chi connectivity index (χ0n) is 10.9. The van der Waals surface area contributed by atoms with E-state index < -0.39 is 0 Å². The third-order valence-electron chi connectivity index (χ3n) is 4.13. The van der Waals surface area contributed by atoms with E-state index in [1.807, 2.05) is 11.8 Å². The van der Waals surface area contributed by atoms with Crippen molar-refractivity contribution in [1.82, 2.24) is 9.55 Å². The van der Waals surface area contributed by atoms with Crippen LogP contribution >= 0.6 is 46.6 Å². The molecular formula is C14H17IN2S2. The van der Waals surface area contributed by atoms with Crippen molar-refractivity contribution in [2.75, 3.05) is 6.26 Å². The number of aromatic nitrogens is 2. The third-order valence-corrected chi connectivity index (χ3v) is 6.53. The van der Waals surface area contributed by atoms with Gasteiger partial charge >= 0.3 is 0 Å². The van der Waals surface area contributed by atoms with Crippen LogP contribution in [-0.2, 0) is 6.54 Å². The lowest BCUT2D eigenvalue weighted by Gasteiger charge is -2.27. The first-order chi connectivity index (χ1) is 9.13. The highest BCUT2D eigenvalue weighted by atomic mass is 127. The van der Waals surface area contributed by atoms with Crippen LogP contribution in [0.25, 0.3) is 11.0 Å². The maximum absolute atomic E-state index is 5.52. The van der Waals surface area contributed by atoms with E-state index in [9.17, 15) is 0 Å². The van der Waals surface area contributed by atoms with Crippen molar-refractivity contribution in [3.63, 3.8) is 0 Å². The minimum Gasteiger partial charge on any atom is -0.331 e. The zero-order chi connectivity index (χ0) is 13.5. The number of imidazole rings is 1. The molecule has 1 fully saturated rings. The van der Waals surface area contributed by atoms with Gasteiger partial charge in [-0.05, 0) is 72.1 Å². The Hall–Kier alpha value is -0.0100. The number of nitrogens with zero attached hydrogens (tertiary/aromatic N) is 1. The number of fused-ring (bicyclic) bond motifs is 1. The highest BCUT2D eigenvalue weighted by molar-refractivity contribution is 14.1. The predicted octanol–water partition coefficient (Wildman–Crippen LogP) is 4.98. The molecule has 2 aromatic rings. The summed E-state index contributed by atoms with van der Waals surface area (Å²) in [6.07, 6.45) is 7.58. The Bertz CT molecular complexity index is 653. The lowest BCUT2D eigenvalue weighted by molar-refractivity contribution is 0.510. The molecular weight excluding hydrogens is 387 g/mol. The number of hydrogen-bond acceptors (Lipinski definition) is 2. The highest BCUT2D eigenvalue weighted by Gasteiger charge is 2.33. The van der Waals surface area contributed by atoms with Gasteiger partial charge in [0.2, 0.25) is 0 Å². The summed E-state index contributed by atoms with van der Waals surface area (Å²) in [5, 5.41) is 0. The molecule has 5 heteroatoms. The summed E-state index contributed by atoms with van der Waals surface area (Å²) in [4.78, 5) is 3.35. The molecule has 1 aromatic carbocycles. The molecule has 0 unspecified atom stereocenters. The van der Waals surface area contributed by atoms with E-state index in [1.165, 1.54) is 34.8 Å². The fourth-order valence-electron chi connectivity index (χ4n) is 3.03. The molecule has 0 saturated heterocycles. The SMILES string of the molecule is CSC1(Cn2c(=S)[nH]c3cc(I)ccc32)CCCC1. The van der Waals surface area contributed by atoms with Gasteiger partial charge < -0.3 is 9.55 Å². The van der Waals surface area contributed by atoms with Crippen LogP contribution in [0.2, 0.25) is 0 Å². The molecule has 0 spiro atoms. The normalized spacial score (nSPS) is 18.2. The van der Waals surface area contributed by atoms with Crippen LogP contribution in [0.15, 0.2) is 18.2 Å². The first kappa shape index (κ1) is 13.9. The van der Waals surface area contributed by atoms with Gasteiger partial charge in [0.05, 0.1) is 11.0 Å². The molecule has 19 heavy (non-hydrogen) atoms. The molecule has 0 radical (unpaired) electrons. The van der Waals surface area contributed by atoms with Gasteiger partial charge in [-0.25, -0.2) is 0 Å². The van der Waals surface area contributed by atoms with E-state index in [1.54, 1.807) is 0 Å². The second-order valence-electron chi connectivity index (χ2n) is 5.27. The quantitative estimate of drug-likeness (QED) is 0.576. The van der Waals surface area contributed by atoms with Crippen LogP contribution < -0.4 is 0 Å². The van der Waals surface area contributed by atoms with Crippen LogP contribution in [0, 0.1) is 8.34 Å². The molecule has 0 aliphatic heterocycles. The van der Waals surface area contributed by atoms with Gasteiger partial charge in [0.1, 0.15) is 0 Å². The highest BCUT2D eigenvalue weighted by Crippen LogP contribution is 2.42. The standard InChI is InChI=1S/C14H17IN2S2/c1-19-14(6-2-3-7-14)9-17-12-5-4-10(15)8-11(12)16-13(17)18/h4-5,8H,2-3,6-7,9H2,1H3,(H,16,18). The van der Waals surface area contributed by atoms with Gasteiger partial charge in [-0.2, -0.15) is 11.8 Å². The van der Waals surface area contributed by atoms with Crippen LogP contribution in [0.1, 0.15) is 25.7 Å². The molecule has 1 saturated carbocycles. The summed E-state index contributed by atoms with van der Waals surface area (Å²) in [5.74, 6) is 0. The summed E-state index contributed by atoms with van der Waals surface area (Å²) in [5.41, 5.74) is 2.40. The number of thioether (sulfide) groups is 1. The predicted molar refractivity (Wildman–Crippen MR) is 94.6 cm³/mol. The van der Waals surface area contributed by atoms with Crippen LogP contribution in [0.4, 0.5) is 0 Å². The molecule has 1 aromatic heterocycles. The number of nitrogens with one attached hydrogen (secondary N) is 1. The number of aromatic amines is 1. The Balaban J connectivity index is 2.05. The summed E-state index contributed by atoms with van der Waals surface area (Å²) >= 11 is 9.88. The molecule has 1 N–H and O–H groups in total. The van der Waals surface area contributed by atoms with Gasteiger partial charge in [-0.15, -0.1) is 0 Å². The van der Waals surface area contributed by atoms with Crippen molar-refractivity contribution in [1.29, 1.82) is 0 Å². The monoisotopic (exact) mass is 404 g/mol. The molecule has 1 heterocycles. The van der Waals surface area contributed by atoms with Crippen molar-refractivity contribution in [3.05, 3.63) is 26.5 Å². The third kappa shape index (κ3) is 2.61. The van der Waals surface area contributed by atoms with Gasteiger partial charge in [0, 0.05) is 14.9 Å². The Labute approximate surface area is 136 Å². The minimum atomic E-state index is 0.385. The summed E-state index contributed by atoms with van der Waals surface area (Å²) in [6, 6.07) is 6.51. The van der Waals surface area contributed by atoms with E-state index in [-0.39, 0.29) is 0 Å². The van der Waals surface area contributed by atoms with E-state index >= 15 is 0 Å². The van der Waals surface area contributed by atoms with Gasteiger partial charge in [0.15, 0.2) is 4.77 Å². The topological polar surface area (TPSA) is 20.7 Å². The first-order valence-electron chi connectivity index (χ1n) is 6.57. The van der Waals surface area contributed by atoms with Gasteiger partial charge in [-0.1, -0.05) is 12.8 Å². The lowest BCUT2D eigenvalue weighted by atomic mass is 10.1. The average Bonchev–Trinajstić information content (AvgIpc) is 2.96. The Kier molecular flexibility index (Phi) is 3.97. The lowest BCUT2D eigenvalue weighted by Crippen LogP contribution is -2.26. The maximum Gasteiger partial charge on any atom is 0.178 e. The molecule has 0 amide bonds. The Morgan fingerprint density at radius 2 is 2.16 bits per heavy atom. The van der Waals surface area contributed by atoms with Crippen molar-refractivity contribution >= 4 is 57.6 Å². The Morgan fingerprint density at radius 1 is 1.42 bits per heavy atom. The van der Waals surface area contributed by atoms with Crippen molar-refractivity contribution in [2.24, 2.45) is 0 Å². The molecule has 3 rings (SSSR count). The fraction of sp³-hybridized carbons (Fsp3) is 0.500. The van der Waals surface area contributed by atoms with E-state index in [2.05, 4.69) is 56.6 Å². The number of rotatable bonds is 3. The van der Waals surface area contributed by atoms with Crippen LogP contribution in [0.5, 0.6) is 0 Å². The largest absolute Gasteiger partial charge is 0.331 e. The van der Waals surface area contributed by atoms with Gasteiger partial charge in [-0.3, -0.25) is 0 Å². The minimum absolute atomic E-state index is 0.385. The van der Waals surface area contributed by atoms with Crippen molar-refractivity contribution in [2.45, 2.75) is 37.0 Å². The number of halogens is 1. The average molecular weight is 404 g/mol. The molecule has 1 aliphatic rings. The summed E-state index contributed by atoms with van der Waals surface area (Å²) in [7, 11) is 0. The van der Waals surface area contributed by atoms with E-state index in [0.29, 0.717) is 4.75 Å². The molecule has 102 valence electrons. The van der Waals surface area contributed by atoms with E-state index in [4.69, 9.17) is 12.2 Å². The first-order valence-corrected chi connectivity index (χ1v) is 9.28. The smallest absolute Gasteiger partial charge is 0.178 e. The second-order valence-corrected chi connectivity index (χ2v) is 8.18. The second kappa shape index (κ2) is 5.41.